The van der Waals surface area contributed by atoms with Crippen LogP contribution < -0.4 is 5.73 Å². The van der Waals surface area contributed by atoms with Gasteiger partial charge in [0, 0.05) is 19.4 Å². The molecule has 9 nitrogen and oxygen atoms in total. The van der Waals surface area contributed by atoms with Crippen molar-refractivity contribution in [3.63, 3.8) is 0 Å². The van der Waals surface area contributed by atoms with E-state index >= 15 is 0 Å². The van der Waals surface area contributed by atoms with Crippen molar-refractivity contribution in [3.8, 4) is 0 Å². The molecule has 2 atom stereocenters. The Bertz CT molecular complexity index is 1520. The molecular weight excluding hydrogens is 1100 g/mol. The van der Waals surface area contributed by atoms with E-state index in [-0.39, 0.29) is 38.6 Å². The number of hydrogen-bond donors (Lipinski definition) is 2. The maximum absolute atomic E-state index is 12.8. The summed E-state index contributed by atoms with van der Waals surface area (Å²) in [7, 11) is -4.39. The van der Waals surface area contributed by atoms with E-state index in [2.05, 4.69) is 50.3 Å². The van der Waals surface area contributed by atoms with E-state index in [4.69, 9.17) is 24.3 Å². The summed E-state index contributed by atoms with van der Waals surface area (Å²) in [4.78, 5) is 35.4. The molecule has 0 heterocycles. The molecule has 0 aromatic heterocycles. The molecule has 0 aliphatic carbocycles. The second-order valence-electron chi connectivity index (χ2n) is 26.2. The first kappa shape index (κ1) is 85.2. The lowest BCUT2D eigenvalue weighted by Gasteiger charge is -2.19. The lowest BCUT2D eigenvalue weighted by atomic mass is 10.0. The molecule has 0 spiro atoms. The molecular formula is C77H148NO8P. The van der Waals surface area contributed by atoms with Gasteiger partial charge in [-0.1, -0.05) is 365 Å². The number of carbonyl (C=O) groups excluding carboxylic acids is 2. The molecule has 0 aliphatic heterocycles. The molecule has 10 heteroatoms. The monoisotopic (exact) mass is 1250 g/mol. The van der Waals surface area contributed by atoms with E-state index in [1.54, 1.807) is 0 Å². The van der Waals surface area contributed by atoms with Crippen molar-refractivity contribution in [2.45, 2.75) is 418 Å². The molecule has 0 aromatic carbocycles. The first-order valence-electron chi connectivity index (χ1n) is 38.5. The van der Waals surface area contributed by atoms with Crippen molar-refractivity contribution in [1.29, 1.82) is 0 Å². The average Bonchev–Trinajstić information content (AvgIpc) is 3.64. The molecule has 0 saturated heterocycles. The summed E-state index contributed by atoms with van der Waals surface area (Å²) in [5.74, 6) is -0.802. The number of hydrogen-bond acceptors (Lipinski definition) is 8. The van der Waals surface area contributed by atoms with Crippen LogP contribution in [-0.2, 0) is 32.7 Å². The zero-order chi connectivity index (χ0) is 63.0. The standard InChI is InChI=1S/C77H148NO8P/c1-3-5-7-9-11-13-15-17-19-21-23-25-27-29-31-32-33-34-35-36-37-38-39-40-41-42-44-46-48-50-52-54-56-58-60-62-64-66-68-70-77(80)86-75(74-85-87(81,82)84-72-71-78)73-83-76(79)69-67-65-63-61-59-57-55-53-51-49-47-45-43-30-28-26-24-22-20-18-16-14-12-10-8-6-4-2/h15,17,21-24,75H,3-14,16,18-20,25-74,78H2,1-2H3,(H,81,82)/b17-15-,23-21-,24-22-. The number of unbranched alkanes of at least 4 members (excludes halogenated alkanes) is 55. The van der Waals surface area contributed by atoms with Gasteiger partial charge in [0.25, 0.3) is 0 Å². The maximum atomic E-state index is 12.8. The summed E-state index contributed by atoms with van der Waals surface area (Å²) in [5.41, 5.74) is 5.41. The number of phosphoric ester groups is 1. The minimum Gasteiger partial charge on any atom is -0.462 e. The molecule has 3 N–H and O–H groups in total. The van der Waals surface area contributed by atoms with Crippen LogP contribution in [0.25, 0.3) is 0 Å². The summed E-state index contributed by atoms with van der Waals surface area (Å²) in [6, 6.07) is 0. The molecule has 0 aromatic rings. The topological polar surface area (TPSA) is 134 Å². The molecule has 0 rings (SSSR count). The Morgan fingerprint density at radius 3 is 0.885 bits per heavy atom. The first-order valence-corrected chi connectivity index (χ1v) is 40.0. The van der Waals surface area contributed by atoms with Crippen LogP contribution in [0.4, 0.5) is 0 Å². The number of nitrogens with two attached hydrogens (primary N) is 1. The van der Waals surface area contributed by atoms with Crippen LogP contribution in [0.5, 0.6) is 0 Å². The summed E-state index contributed by atoms with van der Waals surface area (Å²) in [6.07, 6.45) is 92.8. The van der Waals surface area contributed by atoms with Gasteiger partial charge in [-0.05, 0) is 70.6 Å². The van der Waals surface area contributed by atoms with Crippen LogP contribution >= 0.6 is 7.82 Å². The molecule has 0 bridgehead atoms. The predicted octanol–water partition coefficient (Wildman–Crippen LogP) is 25.4. The van der Waals surface area contributed by atoms with Gasteiger partial charge in [0.2, 0.25) is 0 Å². The smallest absolute Gasteiger partial charge is 0.462 e. The second kappa shape index (κ2) is 73.3. The fourth-order valence-electron chi connectivity index (χ4n) is 11.8. The van der Waals surface area contributed by atoms with Crippen LogP contribution in [-0.4, -0.2) is 49.3 Å². The Morgan fingerprint density at radius 2 is 0.598 bits per heavy atom. The number of phosphoric acid groups is 1. The van der Waals surface area contributed by atoms with Crippen molar-refractivity contribution in [2.75, 3.05) is 26.4 Å². The van der Waals surface area contributed by atoms with E-state index in [0.29, 0.717) is 6.42 Å². The lowest BCUT2D eigenvalue weighted by Crippen LogP contribution is -2.29. The summed E-state index contributed by atoms with van der Waals surface area (Å²) in [5, 5.41) is 0. The van der Waals surface area contributed by atoms with Crippen LogP contribution in [0.1, 0.15) is 412 Å². The van der Waals surface area contributed by atoms with Gasteiger partial charge in [-0.15, -0.1) is 0 Å². The third-order valence-electron chi connectivity index (χ3n) is 17.5. The van der Waals surface area contributed by atoms with Gasteiger partial charge in [0.05, 0.1) is 13.2 Å². The lowest BCUT2D eigenvalue weighted by molar-refractivity contribution is -0.161. The second-order valence-corrected chi connectivity index (χ2v) is 27.7. The van der Waals surface area contributed by atoms with Gasteiger partial charge in [0.1, 0.15) is 6.61 Å². The van der Waals surface area contributed by atoms with Gasteiger partial charge in [-0.3, -0.25) is 18.6 Å². The Labute approximate surface area is 541 Å². The minimum atomic E-state index is -4.39. The Kier molecular flexibility index (Phi) is 71.8. The number of carbonyl (C=O) groups is 2. The van der Waals surface area contributed by atoms with E-state index in [9.17, 15) is 19.0 Å². The van der Waals surface area contributed by atoms with Crippen molar-refractivity contribution in [3.05, 3.63) is 36.5 Å². The highest BCUT2D eigenvalue weighted by molar-refractivity contribution is 7.47. The highest BCUT2D eigenvalue weighted by Gasteiger charge is 2.26. The van der Waals surface area contributed by atoms with Crippen LogP contribution in [0.15, 0.2) is 36.5 Å². The molecule has 0 amide bonds. The maximum Gasteiger partial charge on any atom is 0.472 e. The van der Waals surface area contributed by atoms with Crippen molar-refractivity contribution < 1.29 is 37.6 Å². The Morgan fingerprint density at radius 1 is 0.345 bits per heavy atom. The largest absolute Gasteiger partial charge is 0.472 e. The van der Waals surface area contributed by atoms with Crippen LogP contribution in [0.3, 0.4) is 0 Å². The highest BCUT2D eigenvalue weighted by atomic mass is 31.2. The van der Waals surface area contributed by atoms with Gasteiger partial charge in [-0.25, -0.2) is 4.57 Å². The molecule has 2 unspecified atom stereocenters. The van der Waals surface area contributed by atoms with Gasteiger partial charge < -0.3 is 20.1 Å². The fraction of sp³-hybridized carbons (Fsp3) is 0.896. The normalized spacial score (nSPS) is 13.0. The number of ether oxygens (including phenoxy) is 2. The summed E-state index contributed by atoms with van der Waals surface area (Å²) >= 11 is 0. The van der Waals surface area contributed by atoms with Crippen LogP contribution in [0.2, 0.25) is 0 Å². The number of allylic oxidation sites excluding steroid dienone is 6. The quantitative estimate of drug-likeness (QED) is 0.0264. The number of rotatable bonds is 74. The highest BCUT2D eigenvalue weighted by Crippen LogP contribution is 2.43. The van der Waals surface area contributed by atoms with Crippen LogP contribution in [0, 0.1) is 0 Å². The summed E-state index contributed by atoms with van der Waals surface area (Å²) < 4.78 is 33.2. The fourth-order valence-corrected chi connectivity index (χ4v) is 12.6. The van der Waals surface area contributed by atoms with E-state index in [1.165, 1.54) is 340 Å². The summed E-state index contributed by atoms with van der Waals surface area (Å²) in [6.45, 7) is 3.81. The zero-order valence-electron chi connectivity index (χ0n) is 58.0. The molecule has 0 fully saturated rings. The van der Waals surface area contributed by atoms with Gasteiger partial charge >= 0.3 is 19.8 Å². The molecule has 87 heavy (non-hydrogen) atoms. The molecule has 0 aliphatic rings. The van der Waals surface area contributed by atoms with Crippen molar-refractivity contribution in [1.82, 2.24) is 0 Å². The van der Waals surface area contributed by atoms with Gasteiger partial charge in [0.15, 0.2) is 6.10 Å². The minimum absolute atomic E-state index is 0.0565. The van der Waals surface area contributed by atoms with Crippen molar-refractivity contribution in [2.24, 2.45) is 5.73 Å². The average molecular weight is 1250 g/mol. The third kappa shape index (κ3) is 73.2. The molecule has 0 radical (unpaired) electrons. The molecule has 0 saturated carbocycles. The van der Waals surface area contributed by atoms with E-state index < -0.39 is 26.5 Å². The zero-order valence-corrected chi connectivity index (χ0v) is 58.9. The SMILES string of the molecule is CCCCCCC/C=C\C/C=C\CCCCCCCCCCCCCCCCCCCCCCCCCCCCCC(=O)OC(COC(=O)CCCCCCCCCCCCCCCCC/C=C\CCCCCCCCCC)COP(=O)(O)OCCN. The van der Waals surface area contributed by atoms with E-state index in [1.807, 2.05) is 0 Å². The van der Waals surface area contributed by atoms with Gasteiger partial charge in [-0.2, -0.15) is 0 Å². The third-order valence-corrected chi connectivity index (χ3v) is 18.5. The predicted molar refractivity (Wildman–Crippen MR) is 377 cm³/mol. The van der Waals surface area contributed by atoms with E-state index in [0.717, 1.165) is 38.5 Å². The molecule has 514 valence electrons. The first-order chi connectivity index (χ1) is 42.8. The Balaban J connectivity index is 3.75. The number of esters is 2. The Hall–Kier alpha value is -1.77. The van der Waals surface area contributed by atoms with Crippen molar-refractivity contribution >= 4 is 19.8 Å².